The highest BCUT2D eigenvalue weighted by Gasteiger charge is 2.34. The van der Waals surface area contributed by atoms with Gasteiger partial charge in [-0.15, -0.1) is 0 Å². The minimum absolute atomic E-state index is 0.0729. The van der Waals surface area contributed by atoms with Gasteiger partial charge in [0, 0.05) is 0 Å². The number of amides is 3. The number of carboxylic acids is 1. The molecule has 5 unspecified atom stereocenters. The maximum Gasteiger partial charge on any atom is 0.326 e. The summed E-state index contributed by atoms with van der Waals surface area (Å²) in [6.07, 6.45) is 0.872. The molecule has 31 heavy (non-hydrogen) atoms. The molecule has 0 bridgehead atoms. The Kier molecular flexibility index (Phi) is 12.4. The highest BCUT2D eigenvalue weighted by molar-refractivity contribution is 5.94. The molecule has 0 aromatic carbocycles. The summed E-state index contributed by atoms with van der Waals surface area (Å²) in [6, 6.07) is -3.60. The zero-order chi connectivity index (χ0) is 24.5. The van der Waals surface area contributed by atoms with Crippen molar-refractivity contribution in [3.8, 4) is 0 Å². The van der Waals surface area contributed by atoms with Crippen molar-refractivity contribution in [2.24, 2.45) is 29.4 Å². The van der Waals surface area contributed by atoms with Crippen LogP contribution in [0.1, 0.15) is 68.2 Å². The number of nitrogens with one attached hydrogen (secondary N) is 3. The molecule has 0 saturated heterocycles. The number of rotatable bonds is 13. The van der Waals surface area contributed by atoms with Crippen LogP contribution in [0.3, 0.4) is 0 Å². The second-order valence-electron chi connectivity index (χ2n) is 9.40. The molecule has 180 valence electrons. The molecule has 0 aliphatic carbocycles. The average Bonchev–Trinajstić information content (AvgIpc) is 2.66. The predicted molar refractivity (Wildman–Crippen MR) is 120 cm³/mol. The molecule has 0 aromatic heterocycles. The van der Waals surface area contributed by atoms with Crippen molar-refractivity contribution in [1.29, 1.82) is 0 Å². The Hall–Kier alpha value is -2.16. The summed E-state index contributed by atoms with van der Waals surface area (Å²) in [4.78, 5) is 49.8. The van der Waals surface area contributed by atoms with Gasteiger partial charge in [0.2, 0.25) is 17.7 Å². The van der Waals surface area contributed by atoms with Gasteiger partial charge in [0.1, 0.15) is 18.1 Å². The van der Waals surface area contributed by atoms with Crippen LogP contribution in [0, 0.1) is 23.7 Å². The van der Waals surface area contributed by atoms with E-state index in [4.69, 9.17) is 5.73 Å². The summed E-state index contributed by atoms with van der Waals surface area (Å²) in [5.41, 5.74) is 5.89. The van der Waals surface area contributed by atoms with Gasteiger partial charge in [0.25, 0.3) is 0 Å². The Morgan fingerprint density at radius 1 is 0.774 bits per heavy atom. The monoisotopic (exact) mass is 442 g/mol. The van der Waals surface area contributed by atoms with Crippen LogP contribution in [0.15, 0.2) is 0 Å². The molecule has 0 rings (SSSR count). The molecular formula is C22H42N4O5. The SMILES string of the molecule is CCC(C)C(NC(=O)C(NC(=O)C(N)C(C)C)C(C)C)C(=O)NC(CC(C)C)C(=O)O. The maximum atomic E-state index is 13.0. The second-order valence-corrected chi connectivity index (χ2v) is 9.40. The Morgan fingerprint density at radius 2 is 1.26 bits per heavy atom. The summed E-state index contributed by atoms with van der Waals surface area (Å²) >= 11 is 0. The lowest BCUT2D eigenvalue weighted by atomic mass is 9.95. The third-order valence-electron chi connectivity index (χ3n) is 5.38. The van der Waals surface area contributed by atoms with Gasteiger partial charge in [-0.1, -0.05) is 61.8 Å². The molecule has 3 amide bonds. The van der Waals surface area contributed by atoms with E-state index in [9.17, 15) is 24.3 Å². The van der Waals surface area contributed by atoms with Crippen LogP contribution in [0.2, 0.25) is 0 Å². The fourth-order valence-electron chi connectivity index (χ4n) is 2.99. The topological polar surface area (TPSA) is 151 Å². The van der Waals surface area contributed by atoms with Crippen molar-refractivity contribution in [1.82, 2.24) is 16.0 Å². The lowest BCUT2D eigenvalue weighted by Gasteiger charge is -2.29. The van der Waals surface area contributed by atoms with Gasteiger partial charge in [-0.3, -0.25) is 14.4 Å². The first-order valence-corrected chi connectivity index (χ1v) is 11.1. The van der Waals surface area contributed by atoms with E-state index < -0.39 is 47.9 Å². The summed E-state index contributed by atoms with van der Waals surface area (Å²) in [5.74, 6) is -3.11. The van der Waals surface area contributed by atoms with Gasteiger partial charge in [-0.05, 0) is 30.1 Å². The molecule has 0 aromatic rings. The maximum absolute atomic E-state index is 13.0. The molecule has 0 radical (unpaired) electrons. The molecule has 0 heterocycles. The van der Waals surface area contributed by atoms with Crippen molar-refractivity contribution in [2.45, 2.75) is 92.4 Å². The van der Waals surface area contributed by atoms with E-state index in [0.717, 1.165) is 0 Å². The summed E-state index contributed by atoms with van der Waals surface area (Å²) in [6.45, 7) is 14.6. The first kappa shape index (κ1) is 28.8. The number of nitrogens with two attached hydrogens (primary N) is 1. The molecule has 0 saturated carbocycles. The molecule has 0 aliphatic rings. The smallest absolute Gasteiger partial charge is 0.326 e. The summed E-state index contributed by atoms with van der Waals surface area (Å²) in [5, 5.41) is 17.4. The number of hydrogen-bond donors (Lipinski definition) is 5. The fraction of sp³-hybridized carbons (Fsp3) is 0.818. The number of carboxylic acid groups (broad SMARTS) is 1. The lowest BCUT2D eigenvalue weighted by molar-refractivity contribution is -0.143. The van der Waals surface area contributed by atoms with E-state index in [2.05, 4.69) is 16.0 Å². The van der Waals surface area contributed by atoms with Crippen LogP contribution in [-0.2, 0) is 19.2 Å². The number of aliphatic carboxylic acids is 1. The van der Waals surface area contributed by atoms with Crippen molar-refractivity contribution in [3.05, 3.63) is 0 Å². The lowest BCUT2D eigenvalue weighted by Crippen LogP contribution is -2.60. The largest absolute Gasteiger partial charge is 0.480 e. The van der Waals surface area contributed by atoms with Crippen molar-refractivity contribution < 1.29 is 24.3 Å². The van der Waals surface area contributed by atoms with Gasteiger partial charge in [0.15, 0.2) is 0 Å². The van der Waals surface area contributed by atoms with E-state index in [1.807, 2.05) is 34.6 Å². The van der Waals surface area contributed by atoms with Gasteiger partial charge < -0.3 is 26.8 Å². The molecule has 9 heteroatoms. The predicted octanol–water partition coefficient (Wildman–Crippen LogP) is 1.26. The van der Waals surface area contributed by atoms with Crippen LogP contribution in [0.4, 0.5) is 0 Å². The van der Waals surface area contributed by atoms with E-state index >= 15 is 0 Å². The minimum Gasteiger partial charge on any atom is -0.480 e. The van der Waals surface area contributed by atoms with E-state index in [-0.39, 0.29) is 30.1 Å². The zero-order valence-corrected chi connectivity index (χ0v) is 20.2. The van der Waals surface area contributed by atoms with Crippen LogP contribution < -0.4 is 21.7 Å². The molecule has 0 aliphatic heterocycles. The van der Waals surface area contributed by atoms with Crippen molar-refractivity contribution in [2.75, 3.05) is 0 Å². The van der Waals surface area contributed by atoms with Crippen LogP contribution in [-0.4, -0.2) is 53.0 Å². The van der Waals surface area contributed by atoms with Gasteiger partial charge in [-0.25, -0.2) is 4.79 Å². The standard InChI is InChI=1S/C22H42N4O5/c1-9-14(8)18(21(29)24-15(22(30)31)10-11(2)3)26-20(28)17(13(6)7)25-19(27)16(23)12(4)5/h11-18H,9-10,23H2,1-8H3,(H,24,29)(H,25,27)(H,26,28)(H,30,31). The Bertz CT molecular complexity index is 621. The molecule has 0 spiro atoms. The van der Waals surface area contributed by atoms with Gasteiger partial charge in [0.05, 0.1) is 6.04 Å². The third kappa shape index (κ3) is 9.67. The first-order valence-electron chi connectivity index (χ1n) is 11.1. The highest BCUT2D eigenvalue weighted by atomic mass is 16.4. The minimum atomic E-state index is -1.12. The van der Waals surface area contributed by atoms with E-state index in [1.54, 1.807) is 20.8 Å². The normalized spacial score (nSPS) is 16.4. The first-order chi connectivity index (χ1) is 14.2. The average molecular weight is 443 g/mol. The van der Waals surface area contributed by atoms with Crippen LogP contribution in [0.25, 0.3) is 0 Å². The highest BCUT2D eigenvalue weighted by Crippen LogP contribution is 2.12. The number of hydrogen-bond acceptors (Lipinski definition) is 5. The molecule has 0 fully saturated rings. The van der Waals surface area contributed by atoms with Crippen molar-refractivity contribution >= 4 is 23.7 Å². The van der Waals surface area contributed by atoms with Crippen LogP contribution in [0.5, 0.6) is 0 Å². The summed E-state index contributed by atoms with van der Waals surface area (Å²) < 4.78 is 0. The number of carbonyl (C=O) groups is 4. The molecule has 5 atom stereocenters. The Labute approximate surface area is 186 Å². The Morgan fingerprint density at radius 3 is 1.65 bits per heavy atom. The van der Waals surface area contributed by atoms with Gasteiger partial charge in [-0.2, -0.15) is 0 Å². The second kappa shape index (κ2) is 13.3. The number of carbonyl (C=O) groups excluding carboxylic acids is 3. The quantitative estimate of drug-likeness (QED) is 0.290. The van der Waals surface area contributed by atoms with E-state index in [0.29, 0.717) is 6.42 Å². The fourth-order valence-corrected chi connectivity index (χ4v) is 2.99. The summed E-state index contributed by atoms with van der Waals surface area (Å²) in [7, 11) is 0. The molecule has 6 N–H and O–H groups in total. The van der Waals surface area contributed by atoms with Crippen molar-refractivity contribution in [3.63, 3.8) is 0 Å². The van der Waals surface area contributed by atoms with Gasteiger partial charge >= 0.3 is 5.97 Å². The third-order valence-corrected chi connectivity index (χ3v) is 5.38. The van der Waals surface area contributed by atoms with E-state index in [1.165, 1.54) is 0 Å². The molecular weight excluding hydrogens is 400 g/mol. The van der Waals surface area contributed by atoms with Crippen LogP contribution >= 0.6 is 0 Å². The molecule has 9 nitrogen and oxygen atoms in total. The Balaban J connectivity index is 5.51. The zero-order valence-electron chi connectivity index (χ0n) is 20.2.